The number of hydrogen-bond donors (Lipinski definition) is 0. The van der Waals surface area contributed by atoms with E-state index < -0.39 is 5.97 Å². The lowest BCUT2D eigenvalue weighted by Crippen LogP contribution is -2.26. The van der Waals surface area contributed by atoms with Crippen LogP contribution in [-0.2, 0) is 22.5 Å². The van der Waals surface area contributed by atoms with Crippen LogP contribution in [0, 0.1) is 0 Å². The molecule has 0 atom stereocenters. The van der Waals surface area contributed by atoms with Gasteiger partial charge in [-0.15, -0.1) is 0 Å². The van der Waals surface area contributed by atoms with Gasteiger partial charge in [-0.05, 0) is 23.8 Å². The summed E-state index contributed by atoms with van der Waals surface area (Å²) in [5.41, 5.74) is 0.933. The summed E-state index contributed by atoms with van der Waals surface area (Å²) in [6.07, 6.45) is -0.0222. The molecule has 0 fully saturated rings. The first-order valence-electron chi connectivity index (χ1n) is 7.49. The van der Waals surface area contributed by atoms with Gasteiger partial charge in [-0.1, -0.05) is 47.5 Å². The summed E-state index contributed by atoms with van der Waals surface area (Å²) < 4.78 is 6.02. The van der Waals surface area contributed by atoms with Crippen molar-refractivity contribution in [3.63, 3.8) is 0 Å². The van der Waals surface area contributed by atoms with Crippen molar-refractivity contribution in [3.8, 4) is 0 Å². The molecule has 5 nitrogen and oxygen atoms in total. The van der Waals surface area contributed by atoms with Gasteiger partial charge in [-0.2, -0.15) is 5.10 Å². The van der Waals surface area contributed by atoms with E-state index in [9.17, 15) is 9.59 Å². The summed E-state index contributed by atoms with van der Waals surface area (Å²) >= 11 is 12.1. The first kappa shape index (κ1) is 17.5. The van der Waals surface area contributed by atoms with Gasteiger partial charge in [0.15, 0.2) is 0 Å². The van der Waals surface area contributed by atoms with E-state index >= 15 is 0 Å². The highest BCUT2D eigenvalue weighted by Crippen LogP contribution is 2.22. The van der Waals surface area contributed by atoms with Gasteiger partial charge in [0, 0.05) is 15.4 Å². The van der Waals surface area contributed by atoms with Gasteiger partial charge >= 0.3 is 5.97 Å². The van der Waals surface area contributed by atoms with Crippen LogP contribution in [0.2, 0.25) is 10.0 Å². The molecule has 3 rings (SSSR count). The summed E-state index contributed by atoms with van der Waals surface area (Å²) in [5.74, 6) is -0.424. The maximum Gasteiger partial charge on any atom is 0.311 e. The molecule has 3 aromatic rings. The Morgan fingerprint density at radius 3 is 2.56 bits per heavy atom. The van der Waals surface area contributed by atoms with Crippen molar-refractivity contribution in [1.29, 1.82) is 0 Å². The molecular formula is C18H14Cl2N2O3. The average molecular weight is 377 g/mol. The van der Waals surface area contributed by atoms with Gasteiger partial charge in [0.25, 0.3) is 5.56 Å². The van der Waals surface area contributed by atoms with Crippen molar-refractivity contribution in [3.05, 3.63) is 74.1 Å². The number of fused-ring (bicyclic) bond motifs is 1. The molecule has 0 spiro atoms. The van der Waals surface area contributed by atoms with Crippen LogP contribution in [0.15, 0.2) is 47.3 Å². The first-order valence-corrected chi connectivity index (χ1v) is 8.24. The van der Waals surface area contributed by atoms with E-state index in [1.165, 1.54) is 11.8 Å². The Kier molecular flexibility index (Phi) is 5.06. The number of nitrogens with zero attached hydrogens (tertiary/aromatic N) is 2. The maximum atomic E-state index is 12.7. The van der Waals surface area contributed by atoms with Crippen molar-refractivity contribution in [2.24, 2.45) is 0 Å². The van der Waals surface area contributed by atoms with E-state index in [0.29, 0.717) is 32.1 Å². The monoisotopic (exact) mass is 376 g/mol. The molecule has 0 radical (unpaired) electrons. The number of carbonyl (C=O) groups excluding carboxylic acids is 1. The second-order valence-corrected chi connectivity index (χ2v) is 6.29. The standard InChI is InChI=1S/C18H14Cl2N2O3/c1-25-17(23)9-16-13-4-2-3-5-14(13)18(24)22(21-16)10-11-6-7-12(19)8-15(11)20/h2-8H,9-10H2,1H3. The average Bonchev–Trinajstić information content (AvgIpc) is 2.61. The van der Waals surface area contributed by atoms with Crippen molar-refractivity contribution >= 4 is 39.9 Å². The number of rotatable bonds is 4. The smallest absolute Gasteiger partial charge is 0.311 e. The predicted octanol–water partition coefficient (Wildman–Crippen LogP) is 3.47. The molecule has 0 aliphatic carbocycles. The van der Waals surface area contributed by atoms with Gasteiger partial charge in [0.05, 0.1) is 31.2 Å². The second-order valence-electron chi connectivity index (χ2n) is 5.44. The highest BCUT2D eigenvalue weighted by Gasteiger charge is 2.14. The molecule has 7 heteroatoms. The molecule has 0 saturated carbocycles. The largest absolute Gasteiger partial charge is 0.469 e. The fourth-order valence-corrected chi connectivity index (χ4v) is 3.03. The molecule has 0 N–H and O–H groups in total. The number of aromatic nitrogens is 2. The number of hydrogen-bond acceptors (Lipinski definition) is 4. The summed E-state index contributed by atoms with van der Waals surface area (Å²) in [4.78, 5) is 24.4. The first-order chi connectivity index (χ1) is 12.0. The summed E-state index contributed by atoms with van der Waals surface area (Å²) in [6, 6.07) is 12.1. The SMILES string of the molecule is COC(=O)Cc1nn(Cc2ccc(Cl)cc2Cl)c(=O)c2ccccc12. The quantitative estimate of drug-likeness (QED) is 0.654. The fourth-order valence-electron chi connectivity index (χ4n) is 2.56. The van der Waals surface area contributed by atoms with E-state index in [0.717, 1.165) is 0 Å². The van der Waals surface area contributed by atoms with Crippen LogP contribution >= 0.6 is 23.2 Å². The van der Waals surface area contributed by atoms with Crippen LogP contribution in [0.25, 0.3) is 10.8 Å². The lowest BCUT2D eigenvalue weighted by molar-refractivity contribution is -0.139. The molecule has 25 heavy (non-hydrogen) atoms. The zero-order valence-electron chi connectivity index (χ0n) is 13.3. The molecule has 0 aliphatic heterocycles. The van der Waals surface area contributed by atoms with E-state index in [2.05, 4.69) is 5.10 Å². The third-order valence-corrected chi connectivity index (χ3v) is 4.41. The van der Waals surface area contributed by atoms with E-state index in [1.807, 2.05) is 0 Å². The molecule has 1 heterocycles. The minimum Gasteiger partial charge on any atom is -0.469 e. The second kappa shape index (κ2) is 7.25. The Morgan fingerprint density at radius 2 is 1.88 bits per heavy atom. The van der Waals surface area contributed by atoms with Gasteiger partial charge in [0.1, 0.15) is 0 Å². The van der Waals surface area contributed by atoms with Crippen LogP contribution in [0.4, 0.5) is 0 Å². The van der Waals surface area contributed by atoms with Crippen molar-refractivity contribution in [2.45, 2.75) is 13.0 Å². The van der Waals surface area contributed by atoms with E-state index in [-0.39, 0.29) is 18.5 Å². The minimum atomic E-state index is -0.424. The zero-order chi connectivity index (χ0) is 18.0. The van der Waals surface area contributed by atoms with Gasteiger partial charge in [0.2, 0.25) is 0 Å². The summed E-state index contributed by atoms with van der Waals surface area (Å²) in [6.45, 7) is 0.174. The number of halogens is 2. The number of benzene rings is 2. The van der Waals surface area contributed by atoms with Crippen LogP contribution in [-0.4, -0.2) is 22.9 Å². The van der Waals surface area contributed by atoms with Gasteiger partial charge < -0.3 is 4.74 Å². The Morgan fingerprint density at radius 1 is 1.16 bits per heavy atom. The normalized spacial score (nSPS) is 10.8. The zero-order valence-corrected chi connectivity index (χ0v) is 14.8. The van der Waals surface area contributed by atoms with Crippen molar-refractivity contribution in [1.82, 2.24) is 9.78 Å². The highest BCUT2D eigenvalue weighted by atomic mass is 35.5. The molecule has 0 amide bonds. The molecule has 2 aromatic carbocycles. The maximum absolute atomic E-state index is 12.7. The lowest BCUT2D eigenvalue weighted by Gasteiger charge is -2.11. The van der Waals surface area contributed by atoms with Crippen LogP contribution in [0.3, 0.4) is 0 Å². The molecule has 1 aromatic heterocycles. The number of ether oxygens (including phenoxy) is 1. The highest BCUT2D eigenvalue weighted by molar-refractivity contribution is 6.35. The molecular weight excluding hydrogens is 363 g/mol. The molecule has 0 unspecified atom stereocenters. The molecule has 128 valence electrons. The molecule has 0 bridgehead atoms. The van der Waals surface area contributed by atoms with Crippen LogP contribution in [0.1, 0.15) is 11.3 Å². The van der Waals surface area contributed by atoms with E-state index in [4.69, 9.17) is 27.9 Å². The van der Waals surface area contributed by atoms with Crippen molar-refractivity contribution in [2.75, 3.05) is 7.11 Å². The van der Waals surface area contributed by atoms with Gasteiger partial charge in [-0.25, -0.2) is 4.68 Å². The lowest BCUT2D eigenvalue weighted by atomic mass is 10.1. The van der Waals surface area contributed by atoms with Crippen LogP contribution in [0.5, 0.6) is 0 Å². The molecule has 0 saturated heterocycles. The predicted molar refractivity (Wildman–Crippen MR) is 97.3 cm³/mol. The Labute approximate surface area is 153 Å². The number of methoxy groups -OCH3 is 1. The Balaban J connectivity index is 2.13. The van der Waals surface area contributed by atoms with Crippen LogP contribution < -0.4 is 5.56 Å². The third-order valence-electron chi connectivity index (χ3n) is 3.82. The van der Waals surface area contributed by atoms with Crippen molar-refractivity contribution < 1.29 is 9.53 Å². The third kappa shape index (κ3) is 3.67. The fraction of sp³-hybridized carbons (Fsp3) is 0.167. The minimum absolute atomic E-state index is 0.0222. The summed E-state index contributed by atoms with van der Waals surface area (Å²) in [7, 11) is 1.31. The topological polar surface area (TPSA) is 61.2 Å². The number of carbonyl (C=O) groups is 1. The van der Waals surface area contributed by atoms with Gasteiger partial charge in [-0.3, -0.25) is 9.59 Å². The Bertz CT molecular complexity index is 1010. The number of esters is 1. The summed E-state index contributed by atoms with van der Waals surface area (Å²) in [5, 5.41) is 6.44. The van der Waals surface area contributed by atoms with E-state index in [1.54, 1.807) is 42.5 Å². The molecule has 0 aliphatic rings. The Hall–Kier alpha value is -2.37.